The maximum atomic E-state index is 12.9. The van der Waals surface area contributed by atoms with Crippen LogP contribution in [0.5, 0.6) is 0 Å². The number of carbonyl (C=O) groups is 3. The molecule has 462 valence electrons. The third-order valence-electron chi connectivity index (χ3n) is 14.4. The Morgan fingerprint density at radius 1 is 0.388 bits per heavy atom. The van der Waals surface area contributed by atoms with Gasteiger partial charge < -0.3 is 28.5 Å². The van der Waals surface area contributed by atoms with E-state index in [-0.39, 0.29) is 32.2 Å². The smallest absolute Gasteiger partial charge is 0.361 e. The highest BCUT2D eigenvalue weighted by Crippen LogP contribution is 2.17. The van der Waals surface area contributed by atoms with Crippen LogP contribution in [-0.4, -0.2) is 87.4 Å². The van der Waals surface area contributed by atoms with E-state index in [4.69, 9.17) is 18.9 Å². The van der Waals surface area contributed by atoms with E-state index in [1.54, 1.807) is 0 Å². The zero-order chi connectivity index (χ0) is 58.3. The van der Waals surface area contributed by atoms with E-state index >= 15 is 0 Å². The predicted molar refractivity (Wildman–Crippen MR) is 341 cm³/mol. The second kappa shape index (κ2) is 61.5. The van der Waals surface area contributed by atoms with Crippen LogP contribution in [0.15, 0.2) is 85.1 Å². The first-order valence-electron chi connectivity index (χ1n) is 33.3. The van der Waals surface area contributed by atoms with Crippen molar-refractivity contribution >= 4 is 17.9 Å². The minimum absolute atomic E-state index is 0.185. The summed E-state index contributed by atoms with van der Waals surface area (Å²) in [4.78, 5) is 37.5. The summed E-state index contributed by atoms with van der Waals surface area (Å²) < 4.78 is 22.9. The van der Waals surface area contributed by atoms with Crippen molar-refractivity contribution in [1.82, 2.24) is 0 Å². The topological polar surface area (TPSA) is 108 Å². The molecule has 0 bridgehead atoms. The van der Waals surface area contributed by atoms with Crippen molar-refractivity contribution in [2.75, 3.05) is 47.5 Å². The summed E-state index contributed by atoms with van der Waals surface area (Å²) >= 11 is 0. The van der Waals surface area contributed by atoms with Crippen molar-refractivity contribution in [1.29, 1.82) is 0 Å². The molecule has 0 fully saturated rings. The molecule has 0 aromatic carbocycles. The Hall–Kier alpha value is -3.53. The van der Waals surface area contributed by atoms with E-state index in [0.717, 1.165) is 96.3 Å². The van der Waals surface area contributed by atoms with Gasteiger partial charge in [0, 0.05) is 12.8 Å². The molecule has 2 unspecified atom stereocenters. The van der Waals surface area contributed by atoms with Crippen molar-refractivity contribution in [3.8, 4) is 0 Å². The number of aliphatic carboxylic acids is 1. The summed E-state index contributed by atoms with van der Waals surface area (Å²) in [5.74, 6) is -2.00. The Morgan fingerprint density at radius 2 is 0.713 bits per heavy atom. The number of carboxylic acid groups (broad SMARTS) is 1. The van der Waals surface area contributed by atoms with Gasteiger partial charge in [-0.15, -0.1) is 0 Å². The van der Waals surface area contributed by atoms with Crippen LogP contribution < -0.4 is 0 Å². The average Bonchev–Trinajstić information content (AvgIpc) is 3.43. The van der Waals surface area contributed by atoms with E-state index in [9.17, 15) is 19.5 Å². The Morgan fingerprint density at radius 3 is 1.07 bits per heavy atom. The van der Waals surface area contributed by atoms with Crippen LogP contribution in [-0.2, 0) is 33.3 Å². The number of carbonyl (C=O) groups excluding carboxylic acids is 2. The number of allylic oxidation sites excluding steroid dienone is 14. The van der Waals surface area contributed by atoms with Gasteiger partial charge in [0.2, 0.25) is 0 Å². The molecule has 0 radical (unpaired) electrons. The van der Waals surface area contributed by atoms with E-state index in [1.807, 2.05) is 21.1 Å². The molecule has 9 heteroatoms. The summed E-state index contributed by atoms with van der Waals surface area (Å²) in [5, 5.41) is 9.72. The zero-order valence-corrected chi connectivity index (χ0v) is 52.7. The van der Waals surface area contributed by atoms with Crippen molar-refractivity contribution in [2.45, 2.75) is 302 Å². The van der Waals surface area contributed by atoms with E-state index in [2.05, 4.69) is 98.9 Å². The average molecular weight is 1120 g/mol. The van der Waals surface area contributed by atoms with Gasteiger partial charge >= 0.3 is 17.9 Å². The van der Waals surface area contributed by atoms with Gasteiger partial charge in [0.25, 0.3) is 6.29 Å². The molecule has 0 amide bonds. The van der Waals surface area contributed by atoms with E-state index in [1.165, 1.54) is 167 Å². The first-order valence-corrected chi connectivity index (χ1v) is 33.3. The lowest BCUT2D eigenvalue weighted by Gasteiger charge is -2.25. The summed E-state index contributed by atoms with van der Waals surface area (Å²) in [7, 11) is 5.97. The fourth-order valence-electron chi connectivity index (χ4n) is 9.31. The summed E-state index contributed by atoms with van der Waals surface area (Å²) in [6.07, 6.45) is 79.8. The number of nitrogens with zero attached hydrogens (tertiary/aromatic N) is 1. The third-order valence-corrected chi connectivity index (χ3v) is 14.4. The van der Waals surface area contributed by atoms with Crippen LogP contribution in [0.25, 0.3) is 0 Å². The fraction of sp³-hybridized carbons (Fsp3) is 0.761. The minimum atomic E-state index is -1.51. The molecule has 80 heavy (non-hydrogen) atoms. The number of likely N-dealkylation sites (N-methyl/N-ethyl adjacent to an activating group) is 1. The number of unbranched alkanes of at least 4 members (excludes halogenated alkanes) is 32. The molecule has 0 aromatic heterocycles. The molecule has 0 rings (SSSR count). The first kappa shape index (κ1) is 76.5. The standard InChI is InChI=1S/C71H125NO8/c1-6-8-10-12-14-16-18-20-22-24-25-26-27-28-29-30-31-32-33-34-35-36-37-38-39-40-41-42-43-44-45-46-48-50-52-54-56-58-60-62-69(74)80-67(66-79-71(70(75)76)77-64-63-72(3,4)5)65-78-68(73)61-59-57-55-53-51-49-47-23-21-19-17-15-13-11-9-7-2/h8,10,14,16,20,22-23,25-26,28-29,31-32,47,67,71H,6-7,9,11-13,15,17-19,21,24,27,30,33-46,48-66H2,1-5H3/p+1/b10-8-,16-14-,22-20-,26-25-,29-28-,32-31-,47-23-. The van der Waals surface area contributed by atoms with Gasteiger partial charge in [-0.05, 0) is 89.9 Å². The normalized spacial score (nSPS) is 13.3. The Bertz CT molecular complexity index is 1590. The van der Waals surface area contributed by atoms with Crippen LogP contribution in [0.2, 0.25) is 0 Å². The maximum absolute atomic E-state index is 12.9. The number of esters is 2. The molecule has 9 nitrogen and oxygen atoms in total. The highest BCUT2D eigenvalue weighted by molar-refractivity contribution is 5.71. The van der Waals surface area contributed by atoms with Crippen molar-refractivity contribution < 1.29 is 42.9 Å². The van der Waals surface area contributed by atoms with Gasteiger partial charge in [0.05, 0.1) is 34.4 Å². The molecule has 2 atom stereocenters. The molecule has 0 aromatic rings. The molecule has 0 saturated heterocycles. The predicted octanol–water partition coefficient (Wildman–Crippen LogP) is 20.3. The molecule has 0 spiro atoms. The van der Waals surface area contributed by atoms with Crippen molar-refractivity contribution in [3.05, 3.63) is 85.1 Å². The quantitative estimate of drug-likeness (QED) is 0.0211. The molecule has 0 heterocycles. The zero-order valence-electron chi connectivity index (χ0n) is 52.7. The number of hydrogen-bond donors (Lipinski definition) is 1. The molecular formula is C71H126NO8+. The van der Waals surface area contributed by atoms with Crippen LogP contribution in [0, 0.1) is 0 Å². The van der Waals surface area contributed by atoms with E-state index < -0.39 is 24.3 Å². The maximum Gasteiger partial charge on any atom is 0.361 e. The van der Waals surface area contributed by atoms with Gasteiger partial charge in [-0.3, -0.25) is 9.59 Å². The number of rotatable bonds is 61. The Balaban J connectivity index is 4.02. The molecule has 0 aliphatic carbocycles. The molecular weight excluding hydrogens is 995 g/mol. The Labute approximate surface area is 493 Å². The number of quaternary nitrogens is 1. The second-order valence-electron chi connectivity index (χ2n) is 23.4. The summed E-state index contributed by atoms with van der Waals surface area (Å²) in [5.41, 5.74) is 0. The molecule has 1 N–H and O–H groups in total. The summed E-state index contributed by atoms with van der Waals surface area (Å²) in [6, 6.07) is 0. The number of ether oxygens (including phenoxy) is 4. The van der Waals surface area contributed by atoms with Gasteiger partial charge in [-0.1, -0.05) is 272 Å². The number of hydrogen-bond acceptors (Lipinski definition) is 7. The molecule has 0 aliphatic heterocycles. The highest BCUT2D eigenvalue weighted by atomic mass is 16.7. The van der Waals surface area contributed by atoms with Crippen LogP contribution >= 0.6 is 0 Å². The summed E-state index contributed by atoms with van der Waals surface area (Å²) in [6.45, 7) is 4.78. The second-order valence-corrected chi connectivity index (χ2v) is 23.4. The van der Waals surface area contributed by atoms with Crippen molar-refractivity contribution in [3.63, 3.8) is 0 Å². The van der Waals surface area contributed by atoms with Gasteiger partial charge in [0.1, 0.15) is 13.2 Å². The fourth-order valence-corrected chi connectivity index (χ4v) is 9.31. The minimum Gasteiger partial charge on any atom is -0.477 e. The van der Waals surface area contributed by atoms with Crippen molar-refractivity contribution in [2.24, 2.45) is 0 Å². The van der Waals surface area contributed by atoms with E-state index in [0.29, 0.717) is 17.4 Å². The largest absolute Gasteiger partial charge is 0.477 e. The Kier molecular flexibility index (Phi) is 58.8. The van der Waals surface area contributed by atoms with Gasteiger partial charge in [-0.2, -0.15) is 0 Å². The van der Waals surface area contributed by atoms with Gasteiger partial charge in [0.15, 0.2) is 6.10 Å². The van der Waals surface area contributed by atoms with Crippen LogP contribution in [0.4, 0.5) is 0 Å². The molecule has 0 saturated carbocycles. The monoisotopic (exact) mass is 1120 g/mol. The van der Waals surface area contributed by atoms with Gasteiger partial charge in [-0.25, -0.2) is 4.79 Å². The number of carboxylic acids is 1. The van der Waals surface area contributed by atoms with Crippen LogP contribution in [0.1, 0.15) is 290 Å². The molecule has 0 aliphatic rings. The highest BCUT2D eigenvalue weighted by Gasteiger charge is 2.25. The SMILES string of the molecule is CC/C=C\C/C=C\C/C=C\C/C=C\C/C=C\C/C=C\CCCCCCCCCCCCCCCCCCCCCCC(=O)OC(COC(=O)CCCCCCC/C=C\CCCCCCCCC)COC(OCC[N+](C)(C)C)C(=O)O. The first-order chi connectivity index (χ1) is 39.1. The lowest BCUT2D eigenvalue weighted by Crippen LogP contribution is -2.40. The van der Waals surface area contributed by atoms with Crippen LogP contribution in [0.3, 0.4) is 0 Å². The lowest BCUT2D eigenvalue weighted by molar-refractivity contribution is -0.870. The lowest BCUT2D eigenvalue weighted by atomic mass is 10.0. The third kappa shape index (κ3) is 62.1.